The molecule has 0 bridgehead atoms. The molecule has 0 radical (unpaired) electrons. The highest BCUT2D eigenvalue weighted by atomic mass is 79.9. The Morgan fingerprint density at radius 2 is 2.08 bits per heavy atom. The third-order valence-corrected chi connectivity index (χ3v) is 5.64. The number of nitrogens with two attached hydrogens (primary N) is 1. The summed E-state index contributed by atoms with van der Waals surface area (Å²) in [5.74, 6) is 0.316. The van der Waals surface area contributed by atoms with Crippen LogP contribution < -0.4 is 10.5 Å². The fourth-order valence-corrected chi connectivity index (χ4v) is 3.94. The van der Waals surface area contributed by atoms with E-state index in [1.807, 2.05) is 31.2 Å². The largest absolute Gasteiger partial charge is 0.480 e. The van der Waals surface area contributed by atoms with Crippen LogP contribution in [0.4, 0.5) is 0 Å². The first-order valence-corrected chi connectivity index (χ1v) is 9.30. The highest BCUT2D eigenvalue weighted by Gasteiger charge is 2.16. The van der Waals surface area contributed by atoms with Gasteiger partial charge in [-0.05, 0) is 52.0 Å². The number of methoxy groups -OCH3 is 1. The molecule has 3 rings (SSSR count). The summed E-state index contributed by atoms with van der Waals surface area (Å²) < 4.78 is 6.89. The number of aromatic nitrogens is 1. The highest BCUT2D eigenvalue weighted by Crippen LogP contribution is 2.30. The summed E-state index contributed by atoms with van der Waals surface area (Å²) in [6.07, 6.45) is 0. The first-order valence-electron chi connectivity index (χ1n) is 7.69. The maximum Gasteiger partial charge on any atom is 0.228 e. The summed E-state index contributed by atoms with van der Waals surface area (Å²) in [4.78, 5) is 22.5. The van der Waals surface area contributed by atoms with Crippen molar-refractivity contribution in [2.45, 2.75) is 6.92 Å². The minimum absolute atomic E-state index is 0.0664. The molecule has 0 aliphatic carbocycles. The second kappa shape index (κ2) is 7.84. The van der Waals surface area contributed by atoms with Gasteiger partial charge in [0, 0.05) is 4.70 Å². The van der Waals surface area contributed by atoms with Crippen molar-refractivity contribution >= 4 is 49.0 Å². The van der Waals surface area contributed by atoms with Crippen LogP contribution in [0.1, 0.15) is 20.9 Å². The molecule has 26 heavy (non-hydrogen) atoms. The van der Waals surface area contributed by atoms with E-state index in [2.05, 4.69) is 26.1 Å². The molecule has 0 atom stereocenters. The van der Waals surface area contributed by atoms with Gasteiger partial charge >= 0.3 is 0 Å². The molecular formula is C18H16BrN3O3S. The SMILES string of the molecule is COc1nc(/C(N)=N/OCC(=O)c2sc3ccccc3c2C)ccc1Br. The average molecular weight is 434 g/mol. The van der Waals surface area contributed by atoms with Crippen molar-refractivity contribution in [1.82, 2.24) is 4.98 Å². The number of amidine groups is 1. The molecule has 0 aliphatic heterocycles. The third-order valence-electron chi connectivity index (χ3n) is 3.73. The lowest BCUT2D eigenvalue weighted by Crippen LogP contribution is -2.17. The molecule has 0 saturated heterocycles. The summed E-state index contributed by atoms with van der Waals surface area (Å²) in [6.45, 7) is 1.74. The lowest BCUT2D eigenvalue weighted by Gasteiger charge is -2.05. The molecule has 6 nitrogen and oxygen atoms in total. The van der Waals surface area contributed by atoms with Crippen molar-refractivity contribution in [2.75, 3.05) is 13.7 Å². The number of carbonyl (C=O) groups is 1. The average Bonchev–Trinajstić information content (AvgIpc) is 2.99. The van der Waals surface area contributed by atoms with E-state index in [0.29, 0.717) is 20.9 Å². The van der Waals surface area contributed by atoms with Gasteiger partial charge in [0.1, 0.15) is 5.69 Å². The van der Waals surface area contributed by atoms with Crippen LogP contribution in [0.5, 0.6) is 5.88 Å². The second-order valence-corrected chi connectivity index (χ2v) is 7.32. The van der Waals surface area contributed by atoms with Gasteiger partial charge < -0.3 is 15.3 Å². The summed E-state index contributed by atoms with van der Waals surface area (Å²) >= 11 is 4.77. The minimum Gasteiger partial charge on any atom is -0.480 e. The van der Waals surface area contributed by atoms with Gasteiger partial charge in [-0.25, -0.2) is 4.98 Å². The minimum atomic E-state index is -0.192. The standard InChI is InChI=1S/C18H16BrN3O3S/c1-10-11-5-3-4-6-15(11)26-16(10)14(23)9-25-22-17(20)13-8-7-12(19)18(21-13)24-2/h3-8H,9H2,1-2H3,(H2,20,22). The normalized spacial score (nSPS) is 11.6. The fraction of sp³-hybridized carbons (Fsp3) is 0.167. The quantitative estimate of drug-likeness (QED) is 0.275. The number of pyridine rings is 1. The van der Waals surface area contributed by atoms with E-state index in [1.165, 1.54) is 18.4 Å². The van der Waals surface area contributed by atoms with Crippen molar-refractivity contribution in [3.8, 4) is 5.88 Å². The molecule has 2 aromatic heterocycles. The monoisotopic (exact) mass is 433 g/mol. The van der Waals surface area contributed by atoms with Gasteiger partial charge in [-0.1, -0.05) is 23.4 Å². The molecule has 3 aromatic rings. The van der Waals surface area contributed by atoms with Gasteiger partial charge in [-0.2, -0.15) is 0 Å². The van der Waals surface area contributed by atoms with Gasteiger partial charge in [-0.3, -0.25) is 4.79 Å². The second-order valence-electron chi connectivity index (χ2n) is 5.41. The van der Waals surface area contributed by atoms with Crippen molar-refractivity contribution in [3.63, 3.8) is 0 Å². The van der Waals surface area contributed by atoms with Crippen molar-refractivity contribution in [3.05, 3.63) is 57.0 Å². The lowest BCUT2D eigenvalue weighted by molar-refractivity contribution is 0.0779. The molecule has 0 saturated carbocycles. The maximum absolute atomic E-state index is 12.4. The molecule has 2 N–H and O–H groups in total. The molecule has 8 heteroatoms. The van der Waals surface area contributed by atoms with Gasteiger partial charge in [0.15, 0.2) is 12.4 Å². The molecule has 0 aliphatic rings. The van der Waals surface area contributed by atoms with Crippen molar-refractivity contribution < 1.29 is 14.4 Å². The lowest BCUT2D eigenvalue weighted by atomic mass is 10.1. The Bertz CT molecular complexity index is 1000. The summed E-state index contributed by atoms with van der Waals surface area (Å²) in [7, 11) is 1.51. The molecule has 134 valence electrons. The molecule has 0 fully saturated rings. The van der Waals surface area contributed by atoms with E-state index in [0.717, 1.165) is 15.6 Å². The van der Waals surface area contributed by atoms with Gasteiger partial charge in [0.2, 0.25) is 11.7 Å². The highest BCUT2D eigenvalue weighted by molar-refractivity contribution is 9.10. The molecular weight excluding hydrogens is 418 g/mol. The van der Waals surface area contributed by atoms with E-state index in [1.54, 1.807) is 12.1 Å². The van der Waals surface area contributed by atoms with Gasteiger partial charge in [0.25, 0.3) is 0 Å². The number of nitrogens with zero attached hydrogens (tertiary/aromatic N) is 2. The maximum atomic E-state index is 12.4. The Balaban J connectivity index is 1.71. The summed E-state index contributed by atoms with van der Waals surface area (Å²) in [5, 5.41) is 4.87. The van der Waals surface area contributed by atoms with E-state index >= 15 is 0 Å². The number of fused-ring (bicyclic) bond motifs is 1. The van der Waals surface area contributed by atoms with E-state index in [-0.39, 0.29) is 18.2 Å². The van der Waals surface area contributed by atoms with Crippen LogP contribution in [-0.2, 0) is 4.84 Å². The fourth-order valence-electron chi connectivity index (χ4n) is 2.42. The number of ether oxygens (including phenoxy) is 1. The number of thiophene rings is 1. The molecule has 2 heterocycles. The molecule has 1 aromatic carbocycles. The van der Waals surface area contributed by atoms with E-state index in [4.69, 9.17) is 15.3 Å². The molecule has 0 amide bonds. The first kappa shape index (κ1) is 18.3. The van der Waals surface area contributed by atoms with Crippen LogP contribution >= 0.6 is 27.3 Å². The van der Waals surface area contributed by atoms with Crippen molar-refractivity contribution in [2.24, 2.45) is 10.9 Å². The number of benzene rings is 1. The number of carbonyl (C=O) groups excluding carboxylic acids is 1. The predicted octanol–water partition coefficient (Wildman–Crippen LogP) is 3.90. The summed E-state index contributed by atoms with van der Waals surface area (Å²) in [5.41, 5.74) is 7.22. The first-order chi connectivity index (χ1) is 12.5. The van der Waals surface area contributed by atoms with Gasteiger partial charge in [-0.15, -0.1) is 11.3 Å². The number of Topliss-reactive ketones (excluding diaryl/α,β-unsaturated/α-hetero) is 1. The zero-order chi connectivity index (χ0) is 18.7. The third kappa shape index (κ3) is 3.71. The zero-order valence-electron chi connectivity index (χ0n) is 14.2. The number of oxime groups is 1. The van der Waals surface area contributed by atoms with Crippen LogP contribution in [0.3, 0.4) is 0 Å². The number of hydrogen-bond acceptors (Lipinski definition) is 6. The van der Waals surface area contributed by atoms with Crippen LogP contribution in [0.15, 0.2) is 46.0 Å². The number of ketones is 1. The Hall–Kier alpha value is -2.45. The van der Waals surface area contributed by atoms with Crippen LogP contribution in [0.25, 0.3) is 10.1 Å². The smallest absolute Gasteiger partial charge is 0.228 e. The molecule has 0 unspecified atom stereocenters. The number of hydrogen-bond donors (Lipinski definition) is 1. The Morgan fingerprint density at radius 3 is 2.81 bits per heavy atom. The molecule has 0 spiro atoms. The van der Waals surface area contributed by atoms with Crippen LogP contribution in [0, 0.1) is 6.92 Å². The Kier molecular flexibility index (Phi) is 5.53. The van der Waals surface area contributed by atoms with Crippen LogP contribution in [0.2, 0.25) is 0 Å². The number of rotatable bonds is 6. The van der Waals surface area contributed by atoms with E-state index in [9.17, 15) is 4.79 Å². The van der Waals surface area contributed by atoms with Crippen molar-refractivity contribution in [1.29, 1.82) is 0 Å². The Labute approximate surface area is 162 Å². The topological polar surface area (TPSA) is 86.8 Å². The predicted molar refractivity (Wildman–Crippen MR) is 106 cm³/mol. The summed E-state index contributed by atoms with van der Waals surface area (Å²) in [6, 6.07) is 11.3. The van der Waals surface area contributed by atoms with E-state index < -0.39 is 0 Å². The van der Waals surface area contributed by atoms with Crippen LogP contribution in [-0.4, -0.2) is 30.3 Å². The zero-order valence-corrected chi connectivity index (χ0v) is 16.6. The van der Waals surface area contributed by atoms with Gasteiger partial charge in [0.05, 0.1) is 16.5 Å². The number of halogens is 1. The Morgan fingerprint density at radius 1 is 1.31 bits per heavy atom. The number of aryl methyl sites for hydroxylation is 1.